The fraction of sp³-hybridized carbons (Fsp3) is 0.923. The Morgan fingerprint density at radius 2 is 1.82 bits per heavy atom. The largest absolute Gasteiger partial charge is 0.464 e. The monoisotopic (exact) mass is 243 g/mol. The molecule has 0 bridgehead atoms. The van der Waals surface area contributed by atoms with E-state index < -0.39 is 5.60 Å². The maximum Gasteiger partial charge on any atom is 0.338 e. The number of hydrogen-bond donors (Lipinski definition) is 0. The summed E-state index contributed by atoms with van der Waals surface area (Å²) in [4.78, 5) is 14.3. The van der Waals surface area contributed by atoms with Crippen LogP contribution in [0.1, 0.15) is 40.5 Å². The number of carbonyl (C=O) groups excluding carboxylic acids is 1. The molecule has 0 aliphatic carbocycles. The van der Waals surface area contributed by atoms with Crippen molar-refractivity contribution in [1.29, 1.82) is 0 Å². The fourth-order valence-electron chi connectivity index (χ4n) is 2.29. The van der Waals surface area contributed by atoms with Crippen LogP contribution in [0.2, 0.25) is 0 Å². The second kappa shape index (κ2) is 5.36. The molecule has 0 amide bonds. The standard InChI is InChI=1S/C13H25NO3/c1-6-17-11(15)13(16-5)7-9-14(10-8-13)12(2,3)4/h6-10H2,1-5H3. The highest BCUT2D eigenvalue weighted by atomic mass is 16.6. The molecule has 0 spiro atoms. The highest BCUT2D eigenvalue weighted by molar-refractivity contribution is 5.79. The average Bonchev–Trinajstić information content (AvgIpc) is 2.28. The Bertz CT molecular complexity index is 262. The summed E-state index contributed by atoms with van der Waals surface area (Å²) in [6, 6.07) is 0. The number of ether oxygens (including phenoxy) is 2. The fourth-order valence-corrected chi connectivity index (χ4v) is 2.29. The maximum atomic E-state index is 11.9. The zero-order valence-electron chi connectivity index (χ0n) is 11.7. The SMILES string of the molecule is CCOC(=O)C1(OC)CCN(C(C)(C)C)CC1. The minimum Gasteiger partial charge on any atom is -0.464 e. The first-order valence-electron chi connectivity index (χ1n) is 6.33. The molecule has 0 aromatic heterocycles. The van der Waals surface area contributed by atoms with Gasteiger partial charge in [0.05, 0.1) is 6.61 Å². The molecule has 17 heavy (non-hydrogen) atoms. The van der Waals surface area contributed by atoms with Crippen LogP contribution in [0.4, 0.5) is 0 Å². The lowest BCUT2D eigenvalue weighted by Crippen LogP contribution is -2.55. The van der Waals surface area contributed by atoms with Crippen LogP contribution in [-0.2, 0) is 14.3 Å². The minimum absolute atomic E-state index is 0.147. The van der Waals surface area contributed by atoms with Gasteiger partial charge in [0.1, 0.15) is 0 Å². The minimum atomic E-state index is -0.724. The van der Waals surface area contributed by atoms with Crippen LogP contribution in [0.15, 0.2) is 0 Å². The Morgan fingerprint density at radius 1 is 1.29 bits per heavy atom. The first-order valence-corrected chi connectivity index (χ1v) is 6.33. The summed E-state index contributed by atoms with van der Waals surface area (Å²) in [6.07, 6.45) is 1.42. The normalized spacial score (nSPS) is 21.2. The second-order valence-electron chi connectivity index (χ2n) is 5.58. The zero-order chi connectivity index (χ0) is 13.1. The van der Waals surface area contributed by atoms with Crippen molar-refractivity contribution in [2.24, 2.45) is 0 Å². The van der Waals surface area contributed by atoms with Gasteiger partial charge in [0, 0.05) is 25.7 Å². The summed E-state index contributed by atoms with van der Waals surface area (Å²) in [5.41, 5.74) is -0.577. The summed E-state index contributed by atoms with van der Waals surface area (Å²) in [7, 11) is 1.60. The van der Waals surface area contributed by atoms with Gasteiger partial charge in [0.25, 0.3) is 0 Å². The molecule has 4 heteroatoms. The summed E-state index contributed by atoms with van der Waals surface area (Å²) >= 11 is 0. The summed E-state index contributed by atoms with van der Waals surface area (Å²) in [5.74, 6) is -0.212. The molecule has 1 heterocycles. The van der Waals surface area contributed by atoms with Gasteiger partial charge in [-0.3, -0.25) is 4.90 Å². The number of piperidine rings is 1. The molecule has 0 atom stereocenters. The molecular formula is C13H25NO3. The Morgan fingerprint density at radius 3 is 2.18 bits per heavy atom. The molecule has 1 rings (SSSR count). The molecule has 1 saturated heterocycles. The Labute approximate surface area is 104 Å². The van der Waals surface area contributed by atoms with E-state index in [0.29, 0.717) is 19.4 Å². The molecular weight excluding hydrogens is 218 g/mol. The van der Waals surface area contributed by atoms with Gasteiger partial charge in [-0.2, -0.15) is 0 Å². The quantitative estimate of drug-likeness (QED) is 0.709. The van der Waals surface area contributed by atoms with E-state index >= 15 is 0 Å². The van der Waals surface area contributed by atoms with E-state index in [1.165, 1.54) is 0 Å². The van der Waals surface area contributed by atoms with Crippen LogP contribution in [0.25, 0.3) is 0 Å². The lowest BCUT2D eigenvalue weighted by Gasteiger charge is -2.44. The lowest BCUT2D eigenvalue weighted by atomic mass is 9.88. The highest BCUT2D eigenvalue weighted by Gasteiger charge is 2.44. The number of rotatable bonds is 3. The zero-order valence-corrected chi connectivity index (χ0v) is 11.7. The highest BCUT2D eigenvalue weighted by Crippen LogP contribution is 2.30. The number of likely N-dealkylation sites (tertiary alicyclic amines) is 1. The molecule has 1 aliphatic heterocycles. The summed E-state index contributed by atoms with van der Waals surface area (Å²) < 4.78 is 10.6. The van der Waals surface area contributed by atoms with Gasteiger partial charge >= 0.3 is 5.97 Å². The first kappa shape index (κ1) is 14.5. The lowest BCUT2D eigenvalue weighted by molar-refractivity contribution is -0.176. The Balaban J connectivity index is 2.66. The molecule has 0 radical (unpaired) electrons. The summed E-state index contributed by atoms with van der Waals surface area (Å²) in [5, 5.41) is 0. The molecule has 0 aromatic rings. The van der Waals surface area contributed by atoms with E-state index in [-0.39, 0.29) is 11.5 Å². The van der Waals surface area contributed by atoms with Crippen LogP contribution in [-0.4, -0.2) is 48.8 Å². The smallest absolute Gasteiger partial charge is 0.338 e. The van der Waals surface area contributed by atoms with Crippen LogP contribution in [0, 0.1) is 0 Å². The third-order valence-electron chi connectivity index (χ3n) is 3.56. The topological polar surface area (TPSA) is 38.8 Å². The number of esters is 1. The predicted molar refractivity (Wildman–Crippen MR) is 66.9 cm³/mol. The van der Waals surface area contributed by atoms with Crippen molar-refractivity contribution in [3.05, 3.63) is 0 Å². The third-order valence-corrected chi connectivity index (χ3v) is 3.56. The average molecular weight is 243 g/mol. The van der Waals surface area contributed by atoms with Crippen molar-refractivity contribution in [3.8, 4) is 0 Å². The maximum absolute atomic E-state index is 11.9. The predicted octanol–water partition coefficient (Wildman–Crippen LogP) is 1.83. The van der Waals surface area contributed by atoms with E-state index in [0.717, 1.165) is 13.1 Å². The van der Waals surface area contributed by atoms with Crippen LogP contribution in [0.3, 0.4) is 0 Å². The van der Waals surface area contributed by atoms with Crippen molar-refractivity contribution in [2.45, 2.75) is 51.7 Å². The molecule has 0 saturated carbocycles. The van der Waals surface area contributed by atoms with E-state index in [1.807, 2.05) is 6.92 Å². The van der Waals surface area contributed by atoms with Crippen molar-refractivity contribution in [3.63, 3.8) is 0 Å². The molecule has 1 fully saturated rings. The van der Waals surface area contributed by atoms with Crippen LogP contribution in [0.5, 0.6) is 0 Å². The molecule has 100 valence electrons. The van der Waals surface area contributed by atoms with Gasteiger partial charge in [-0.15, -0.1) is 0 Å². The molecule has 0 N–H and O–H groups in total. The number of methoxy groups -OCH3 is 1. The van der Waals surface area contributed by atoms with E-state index in [2.05, 4.69) is 25.7 Å². The van der Waals surface area contributed by atoms with E-state index in [9.17, 15) is 4.79 Å². The van der Waals surface area contributed by atoms with Gasteiger partial charge in [-0.1, -0.05) is 0 Å². The Hall–Kier alpha value is -0.610. The third kappa shape index (κ3) is 3.19. The molecule has 1 aliphatic rings. The number of carbonyl (C=O) groups is 1. The van der Waals surface area contributed by atoms with Crippen molar-refractivity contribution >= 4 is 5.97 Å². The van der Waals surface area contributed by atoms with E-state index in [1.54, 1.807) is 7.11 Å². The van der Waals surface area contributed by atoms with Gasteiger partial charge < -0.3 is 9.47 Å². The first-order chi connectivity index (χ1) is 7.85. The van der Waals surface area contributed by atoms with Gasteiger partial charge in [0.15, 0.2) is 5.60 Å². The van der Waals surface area contributed by atoms with Crippen LogP contribution < -0.4 is 0 Å². The van der Waals surface area contributed by atoms with Gasteiger partial charge in [-0.05, 0) is 40.5 Å². The Kier molecular flexibility index (Phi) is 4.55. The van der Waals surface area contributed by atoms with Crippen molar-refractivity contribution < 1.29 is 14.3 Å². The van der Waals surface area contributed by atoms with E-state index in [4.69, 9.17) is 9.47 Å². The van der Waals surface area contributed by atoms with Crippen molar-refractivity contribution in [1.82, 2.24) is 4.90 Å². The van der Waals surface area contributed by atoms with Crippen molar-refractivity contribution in [2.75, 3.05) is 26.8 Å². The van der Waals surface area contributed by atoms with Crippen LogP contribution >= 0.6 is 0 Å². The van der Waals surface area contributed by atoms with Gasteiger partial charge in [-0.25, -0.2) is 4.79 Å². The number of hydrogen-bond acceptors (Lipinski definition) is 4. The molecule has 0 unspecified atom stereocenters. The second-order valence-corrected chi connectivity index (χ2v) is 5.58. The summed E-state index contributed by atoms with van der Waals surface area (Å²) in [6.45, 7) is 10.6. The van der Waals surface area contributed by atoms with Gasteiger partial charge in [0.2, 0.25) is 0 Å². The molecule has 4 nitrogen and oxygen atoms in total. The number of nitrogens with zero attached hydrogens (tertiary/aromatic N) is 1. The molecule has 0 aromatic carbocycles.